The third kappa shape index (κ3) is 69.2. The summed E-state index contributed by atoms with van der Waals surface area (Å²) < 4.78 is 68.3. The molecule has 0 fully saturated rings. The van der Waals surface area contributed by atoms with Crippen LogP contribution in [-0.2, 0) is 65.4 Å². The van der Waals surface area contributed by atoms with Crippen molar-refractivity contribution in [3.8, 4) is 0 Å². The zero-order valence-corrected chi connectivity index (χ0v) is 64.3. The van der Waals surface area contributed by atoms with E-state index in [0.717, 1.165) is 102 Å². The molecule has 0 rings (SSSR count). The molecule has 0 aromatic carbocycles. The Morgan fingerprint density at radius 2 is 0.500 bits per heavy atom. The molecule has 6 atom stereocenters. The Kier molecular flexibility index (Phi) is 68.7. The first-order chi connectivity index (χ1) is 46.6. The van der Waals surface area contributed by atoms with Crippen LogP contribution in [-0.4, -0.2) is 96.7 Å². The number of carbonyl (C=O) groups excluding carboxylic acids is 4. The molecule has 0 heterocycles. The highest BCUT2D eigenvalue weighted by Gasteiger charge is 2.30. The maximum absolute atomic E-state index is 13.1. The second kappa shape index (κ2) is 70.1. The summed E-state index contributed by atoms with van der Waals surface area (Å²) >= 11 is 0. The van der Waals surface area contributed by atoms with Gasteiger partial charge in [-0.2, -0.15) is 0 Å². The van der Waals surface area contributed by atoms with Gasteiger partial charge in [-0.3, -0.25) is 37.3 Å². The molecule has 0 spiro atoms. The van der Waals surface area contributed by atoms with Gasteiger partial charge in [-0.1, -0.05) is 356 Å². The summed E-state index contributed by atoms with van der Waals surface area (Å²) in [5.41, 5.74) is 0. The van der Waals surface area contributed by atoms with Crippen molar-refractivity contribution in [1.82, 2.24) is 0 Å². The van der Waals surface area contributed by atoms with Gasteiger partial charge in [0.2, 0.25) is 0 Å². The van der Waals surface area contributed by atoms with Crippen LogP contribution >= 0.6 is 15.6 Å². The number of hydrogen-bond donors (Lipinski definition) is 3. The molecule has 0 aliphatic rings. The minimum Gasteiger partial charge on any atom is -0.462 e. The van der Waals surface area contributed by atoms with E-state index in [2.05, 4.69) is 34.6 Å². The first kappa shape index (κ1) is 94.1. The smallest absolute Gasteiger partial charge is 0.462 e. The quantitative estimate of drug-likeness (QED) is 0.0222. The van der Waals surface area contributed by atoms with Crippen LogP contribution in [0.4, 0.5) is 0 Å². The van der Waals surface area contributed by atoms with E-state index in [-0.39, 0.29) is 25.7 Å². The fourth-order valence-electron chi connectivity index (χ4n) is 11.8. The topological polar surface area (TPSA) is 237 Å². The van der Waals surface area contributed by atoms with Crippen molar-refractivity contribution in [1.29, 1.82) is 0 Å². The lowest BCUT2D eigenvalue weighted by Gasteiger charge is -2.21. The van der Waals surface area contributed by atoms with Gasteiger partial charge in [0, 0.05) is 25.7 Å². The average Bonchev–Trinajstić information content (AvgIpc) is 1.34. The van der Waals surface area contributed by atoms with Crippen LogP contribution in [0.15, 0.2) is 0 Å². The van der Waals surface area contributed by atoms with Gasteiger partial charge >= 0.3 is 39.5 Å². The maximum atomic E-state index is 13.1. The van der Waals surface area contributed by atoms with E-state index in [9.17, 15) is 43.2 Å². The molecule has 0 aliphatic carbocycles. The Bertz CT molecular complexity index is 1840. The summed E-state index contributed by atoms with van der Waals surface area (Å²) in [7, 11) is -9.90. The fourth-order valence-corrected chi connectivity index (χ4v) is 13.4. The molecule has 3 unspecified atom stereocenters. The van der Waals surface area contributed by atoms with E-state index in [1.54, 1.807) is 0 Å². The highest BCUT2D eigenvalue weighted by Crippen LogP contribution is 2.45. The average molecular weight is 1410 g/mol. The molecule has 19 heteroatoms. The molecular formula is C77H150O17P2. The molecule has 0 bridgehead atoms. The number of rotatable bonds is 77. The summed E-state index contributed by atoms with van der Waals surface area (Å²) in [6.07, 6.45) is 60.3. The van der Waals surface area contributed by atoms with Gasteiger partial charge in [-0.25, -0.2) is 9.13 Å². The predicted molar refractivity (Wildman–Crippen MR) is 391 cm³/mol. The summed E-state index contributed by atoms with van der Waals surface area (Å²) in [6.45, 7) is 7.20. The second-order valence-corrected chi connectivity index (χ2v) is 30.9. The van der Waals surface area contributed by atoms with Crippen LogP contribution in [0.2, 0.25) is 0 Å². The zero-order valence-electron chi connectivity index (χ0n) is 62.5. The Labute approximate surface area is 588 Å². The van der Waals surface area contributed by atoms with Crippen LogP contribution in [0.5, 0.6) is 0 Å². The van der Waals surface area contributed by atoms with E-state index in [1.807, 2.05) is 0 Å². The van der Waals surface area contributed by atoms with Crippen LogP contribution < -0.4 is 0 Å². The minimum atomic E-state index is -4.96. The fraction of sp³-hybridized carbons (Fsp3) is 0.948. The van der Waals surface area contributed by atoms with Gasteiger partial charge < -0.3 is 33.8 Å². The van der Waals surface area contributed by atoms with Gasteiger partial charge in [0.1, 0.15) is 19.3 Å². The number of unbranched alkanes of at least 4 members (excludes halogenated alkanes) is 48. The molecule has 3 N–H and O–H groups in total. The lowest BCUT2D eigenvalue weighted by Crippen LogP contribution is -2.30. The molecule has 0 radical (unpaired) electrons. The van der Waals surface area contributed by atoms with E-state index in [1.165, 1.54) is 225 Å². The standard InChI is InChI=1S/C77H150O17P2/c1-6-10-13-16-18-20-22-24-26-28-29-30-31-32-34-36-38-40-42-47-52-57-62-76(81)94-73(67-88-75(80)61-56-51-46-41-39-37-35-33-27-25-23-21-19-17-14-11-7-2)69-92-96(85,86)90-65-71(78)64-89-95(83,84)91-68-72(66-87-74(79)60-55-49-15-12-8-3)93-77(82)63-58-53-48-44-43-45-50-54-59-70(5)9-4/h70-73,78H,6-69H2,1-5H3,(H,83,84)(H,85,86)/t70?,71-,72+,73+/m0/s1. The minimum absolute atomic E-state index is 0.104. The Morgan fingerprint density at radius 3 is 0.740 bits per heavy atom. The summed E-state index contributed by atoms with van der Waals surface area (Å²) in [5, 5.41) is 10.6. The number of phosphoric acid groups is 2. The zero-order chi connectivity index (χ0) is 70.5. The molecule has 17 nitrogen and oxygen atoms in total. The number of esters is 4. The van der Waals surface area contributed by atoms with E-state index < -0.39 is 97.5 Å². The number of aliphatic hydroxyl groups is 1. The van der Waals surface area contributed by atoms with Gasteiger partial charge in [0.05, 0.1) is 26.4 Å². The van der Waals surface area contributed by atoms with Crippen molar-refractivity contribution in [3.63, 3.8) is 0 Å². The third-order valence-electron chi connectivity index (χ3n) is 18.4. The Morgan fingerprint density at radius 1 is 0.292 bits per heavy atom. The van der Waals surface area contributed by atoms with Crippen molar-refractivity contribution < 1.29 is 80.2 Å². The van der Waals surface area contributed by atoms with Gasteiger partial charge in [0.25, 0.3) is 0 Å². The number of carbonyl (C=O) groups is 4. The van der Waals surface area contributed by atoms with Crippen LogP contribution in [0, 0.1) is 5.92 Å². The van der Waals surface area contributed by atoms with Crippen molar-refractivity contribution >= 4 is 39.5 Å². The highest BCUT2D eigenvalue weighted by atomic mass is 31.2. The number of hydrogen-bond acceptors (Lipinski definition) is 15. The summed E-state index contributed by atoms with van der Waals surface area (Å²) in [6, 6.07) is 0. The number of phosphoric ester groups is 2. The molecular weight excluding hydrogens is 1260 g/mol. The van der Waals surface area contributed by atoms with Crippen LogP contribution in [0.25, 0.3) is 0 Å². The van der Waals surface area contributed by atoms with Crippen molar-refractivity contribution in [2.24, 2.45) is 5.92 Å². The van der Waals surface area contributed by atoms with Crippen molar-refractivity contribution in [3.05, 3.63) is 0 Å². The molecule has 0 saturated carbocycles. The Hall–Kier alpha value is -1.94. The van der Waals surface area contributed by atoms with E-state index >= 15 is 0 Å². The first-order valence-electron chi connectivity index (χ1n) is 40.2. The van der Waals surface area contributed by atoms with Crippen LogP contribution in [0.3, 0.4) is 0 Å². The predicted octanol–water partition coefficient (Wildman–Crippen LogP) is 22.9. The van der Waals surface area contributed by atoms with Gasteiger partial charge in [0.15, 0.2) is 12.2 Å². The third-order valence-corrected chi connectivity index (χ3v) is 20.3. The molecule has 0 aromatic rings. The largest absolute Gasteiger partial charge is 0.472 e. The van der Waals surface area contributed by atoms with E-state index in [4.69, 9.17) is 37.0 Å². The first-order valence-corrected chi connectivity index (χ1v) is 43.2. The lowest BCUT2D eigenvalue weighted by atomic mass is 9.99. The molecule has 0 aliphatic heterocycles. The molecule has 570 valence electrons. The normalized spacial score (nSPS) is 14.2. The van der Waals surface area contributed by atoms with Crippen molar-refractivity contribution in [2.75, 3.05) is 39.6 Å². The summed E-state index contributed by atoms with van der Waals surface area (Å²) in [5.74, 6) is -1.36. The number of aliphatic hydroxyl groups excluding tert-OH is 1. The number of ether oxygens (including phenoxy) is 4. The SMILES string of the molecule is CCCCCCCCCCCCCCCCCCCCCCCCC(=O)O[C@H](COC(=O)CCCCCCCCCCCCCCCCCCC)COP(=O)(O)OC[C@@H](O)COP(=O)(O)OC[C@@H](COC(=O)CCCCCCC)OC(=O)CCCCCCCCCCC(C)CC. The second-order valence-electron chi connectivity index (χ2n) is 28.0. The lowest BCUT2D eigenvalue weighted by molar-refractivity contribution is -0.161. The monoisotopic (exact) mass is 1410 g/mol. The van der Waals surface area contributed by atoms with Gasteiger partial charge in [-0.15, -0.1) is 0 Å². The Balaban J connectivity index is 5.11. The van der Waals surface area contributed by atoms with Crippen molar-refractivity contribution in [2.45, 2.75) is 425 Å². The highest BCUT2D eigenvalue weighted by molar-refractivity contribution is 7.47. The molecule has 96 heavy (non-hydrogen) atoms. The maximum Gasteiger partial charge on any atom is 0.472 e. The van der Waals surface area contributed by atoms with Crippen LogP contribution in [0.1, 0.15) is 407 Å². The van der Waals surface area contributed by atoms with Gasteiger partial charge in [-0.05, 0) is 31.6 Å². The van der Waals surface area contributed by atoms with E-state index in [0.29, 0.717) is 25.7 Å². The molecule has 0 saturated heterocycles. The summed E-state index contributed by atoms with van der Waals surface area (Å²) in [4.78, 5) is 72.5. The molecule has 0 amide bonds. The molecule has 0 aromatic heterocycles.